The highest BCUT2D eigenvalue weighted by Gasteiger charge is 2.17. The number of pyridine rings is 1. The smallest absolute Gasteiger partial charge is 0.270 e. The number of amides is 2. The van der Waals surface area contributed by atoms with Gasteiger partial charge in [0.05, 0.1) is 19.3 Å². The summed E-state index contributed by atoms with van der Waals surface area (Å²) in [4.78, 5) is 29.0. The van der Waals surface area contributed by atoms with Gasteiger partial charge in [0, 0.05) is 19.2 Å². The summed E-state index contributed by atoms with van der Waals surface area (Å²) in [5, 5.41) is 5.69. The van der Waals surface area contributed by atoms with Gasteiger partial charge in [-0.1, -0.05) is 6.07 Å². The van der Waals surface area contributed by atoms with Gasteiger partial charge in [-0.05, 0) is 56.2 Å². The normalized spacial score (nSPS) is 10.7. The summed E-state index contributed by atoms with van der Waals surface area (Å²) in [7, 11) is 1.61. The summed E-state index contributed by atoms with van der Waals surface area (Å²) in [6.07, 6.45) is 2.71. The van der Waals surface area contributed by atoms with Crippen LogP contribution in [-0.2, 0) is 4.79 Å². The van der Waals surface area contributed by atoms with Gasteiger partial charge in [-0.15, -0.1) is 0 Å². The van der Waals surface area contributed by atoms with E-state index in [0.717, 1.165) is 22.7 Å². The largest absolute Gasteiger partial charge is 0.497 e. The van der Waals surface area contributed by atoms with Crippen LogP contribution in [0.3, 0.4) is 0 Å². The van der Waals surface area contributed by atoms with Gasteiger partial charge in [0.1, 0.15) is 29.4 Å². The number of ether oxygens (including phenoxy) is 2. The number of imidazole rings is 1. The molecule has 0 unspecified atom stereocenters. The minimum atomic E-state index is -0.191. The molecule has 1 aromatic carbocycles. The van der Waals surface area contributed by atoms with Gasteiger partial charge < -0.3 is 20.1 Å². The maximum absolute atomic E-state index is 12.6. The Labute approximate surface area is 181 Å². The number of fused-ring (bicyclic) bond motifs is 1. The molecule has 0 saturated carbocycles. The van der Waals surface area contributed by atoms with Gasteiger partial charge in [0.25, 0.3) is 5.91 Å². The van der Waals surface area contributed by atoms with E-state index in [1.54, 1.807) is 11.5 Å². The minimum absolute atomic E-state index is 0.0748. The number of hydrogen-bond acceptors (Lipinski definition) is 5. The lowest BCUT2D eigenvalue weighted by atomic mass is 10.2. The summed E-state index contributed by atoms with van der Waals surface area (Å²) >= 11 is 0. The molecule has 2 aromatic heterocycles. The van der Waals surface area contributed by atoms with Crippen LogP contribution in [0.25, 0.3) is 5.65 Å². The first-order chi connectivity index (χ1) is 15.0. The highest BCUT2D eigenvalue weighted by atomic mass is 16.5. The van der Waals surface area contributed by atoms with E-state index in [2.05, 4.69) is 15.6 Å². The molecule has 3 rings (SSSR count). The second-order valence-electron chi connectivity index (χ2n) is 7.16. The zero-order valence-electron chi connectivity index (χ0n) is 18.1. The Morgan fingerprint density at radius 2 is 1.77 bits per heavy atom. The molecule has 0 radical (unpaired) electrons. The van der Waals surface area contributed by atoms with Gasteiger partial charge in [-0.3, -0.25) is 14.0 Å². The lowest BCUT2D eigenvalue weighted by molar-refractivity contribution is -0.121. The number of benzene rings is 1. The standard InChI is InChI=1S/C23H28N4O4/c1-16-6-5-14-27-21(17(2)26-22(16)27)23(29)25-12-4-7-20(28)24-13-15-31-19-10-8-18(30-3)9-11-19/h5-6,8-11,14H,4,7,12-13,15H2,1-3H3,(H,24,28)(H,25,29). The summed E-state index contributed by atoms with van der Waals surface area (Å²) < 4.78 is 12.5. The molecule has 0 aliphatic carbocycles. The van der Waals surface area contributed by atoms with Crippen LogP contribution in [0.1, 0.15) is 34.6 Å². The van der Waals surface area contributed by atoms with Gasteiger partial charge in [0.15, 0.2) is 0 Å². The first kappa shape index (κ1) is 22.1. The highest BCUT2D eigenvalue weighted by Crippen LogP contribution is 2.17. The first-order valence-electron chi connectivity index (χ1n) is 10.3. The molecular formula is C23H28N4O4. The van der Waals surface area contributed by atoms with E-state index in [4.69, 9.17) is 9.47 Å². The number of methoxy groups -OCH3 is 1. The Balaban J connectivity index is 1.35. The Hall–Kier alpha value is -3.55. The predicted molar refractivity (Wildman–Crippen MR) is 118 cm³/mol. The van der Waals surface area contributed by atoms with Gasteiger partial charge in [0.2, 0.25) is 5.91 Å². The van der Waals surface area contributed by atoms with Crippen molar-refractivity contribution >= 4 is 17.5 Å². The van der Waals surface area contributed by atoms with Gasteiger partial charge >= 0.3 is 0 Å². The van der Waals surface area contributed by atoms with Gasteiger partial charge in [-0.25, -0.2) is 4.98 Å². The SMILES string of the molecule is COc1ccc(OCCNC(=O)CCCNC(=O)c2c(C)nc3c(C)cccn23)cc1. The van der Waals surface area contributed by atoms with Crippen LogP contribution >= 0.6 is 0 Å². The number of rotatable bonds is 10. The molecule has 8 nitrogen and oxygen atoms in total. The van der Waals surface area contributed by atoms with E-state index in [-0.39, 0.29) is 11.8 Å². The minimum Gasteiger partial charge on any atom is -0.497 e. The molecule has 3 aromatic rings. The quantitative estimate of drug-likeness (QED) is 0.488. The maximum atomic E-state index is 12.6. The van der Waals surface area contributed by atoms with E-state index in [0.29, 0.717) is 43.9 Å². The average molecular weight is 425 g/mol. The van der Waals surface area contributed by atoms with Crippen molar-refractivity contribution < 1.29 is 19.1 Å². The molecule has 0 bridgehead atoms. The van der Waals surface area contributed by atoms with Crippen molar-refractivity contribution in [1.29, 1.82) is 0 Å². The van der Waals surface area contributed by atoms with E-state index in [1.165, 1.54) is 0 Å². The number of carbonyl (C=O) groups is 2. The van der Waals surface area contributed by atoms with Crippen LogP contribution in [0.5, 0.6) is 11.5 Å². The molecule has 0 spiro atoms. The molecule has 8 heteroatoms. The summed E-state index contributed by atoms with van der Waals surface area (Å²) in [5.74, 6) is 1.22. The third-order valence-electron chi connectivity index (χ3n) is 4.85. The zero-order valence-corrected chi connectivity index (χ0v) is 18.1. The van der Waals surface area contributed by atoms with Crippen LogP contribution in [0.4, 0.5) is 0 Å². The Morgan fingerprint density at radius 1 is 1.03 bits per heavy atom. The fourth-order valence-electron chi connectivity index (χ4n) is 3.25. The molecule has 31 heavy (non-hydrogen) atoms. The number of nitrogens with zero attached hydrogens (tertiary/aromatic N) is 2. The molecule has 0 saturated heterocycles. The summed E-state index contributed by atoms with van der Waals surface area (Å²) in [6, 6.07) is 11.1. The second-order valence-corrected chi connectivity index (χ2v) is 7.16. The molecule has 0 aliphatic rings. The number of hydrogen-bond donors (Lipinski definition) is 2. The average Bonchev–Trinajstić information content (AvgIpc) is 3.12. The third-order valence-corrected chi connectivity index (χ3v) is 4.85. The van der Waals surface area contributed by atoms with Crippen LogP contribution in [0.15, 0.2) is 42.6 Å². The van der Waals surface area contributed by atoms with Crippen molar-refractivity contribution in [1.82, 2.24) is 20.0 Å². The van der Waals surface area contributed by atoms with Crippen molar-refractivity contribution in [3.63, 3.8) is 0 Å². The van der Waals surface area contributed by atoms with Crippen LogP contribution < -0.4 is 20.1 Å². The monoisotopic (exact) mass is 424 g/mol. The fourth-order valence-corrected chi connectivity index (χ4v) is 3.25. The van der Waals surface area contributed by atoms with E-state index < -0.39 is 0 Å². The molecule has 2 N–H and O–H groups in total. The van der Waals surface area contributed by atoms with Gasteiger partial charge in [-0.2, -0.15) is 0 Å². The lowest BCUT2D eigenvalue weighted by Crippen LogP contribution is -2.30. The van der Waals surface area contributed by atoms with Crippen molar-refractivity contribution in [2.45, 2.75) is 26.7 Å². The third kappa shape index (κ3) is 5.75. The zero-order chi connectivity index (χ0) is 22.2. The predicted octanol–water partition coefficient (Wildman–Crippen LogP) is 2.66. The van der Waals surface area contributed by atoms with Crippen LogP contribution in [0, 0.1) is 13.8 Å². The highest BCUT2D eigenvalue weighted by molar-refractivity contribution is 5.94. The lowest BCUT2D eigenvalue weighted by Gasteiger charge is -2.09. The number of aryl methyl sites for hydroxylation is 2. The number of aromatic nitrogens is 2. The van der Waals surface area contributed by atoms with E-state index in [9.17, 15) is 9.59 Å². The molecule has 0 atom stereocenters. The molecular weight excluding hydrogens is 396 g/mol. The summed E-state index contributed by atoms with van der Waals surface area (Å²) in [6.45, 7) is 4.99. The molecule has 2 amide bonds. The molecule has 164 valence electrons. The van der Waals surface area contributed by atoms with Crippen molar-refractivity contribution in [3.8, 4) is 11.5 Å². The van der Waals surface area contributed by atoms with Crippen molar-refractivity contribution in [2.24, 2.45) is 0 Å². The maximum Gasteiger partial charge on any atom is 0.270 e. The topological polar surface area (TPSA) is 94.0 Å². The van der Waals surface area contributed by atoms with Crippen LogP contribution in [-0.4, -0.2) is 48.0 Å². The van der Waals surface area contributed by atoms with Crippen LogP contribution in [0.2, 0.25) is 0 Å². The number of carbonyl (C=O) groups excluding carboxylic acids is 2. The Bertz CT molecular complexity index is 1040. The Morgan fingerprint density at radius 3 is 2.52 bits per heavy atom. The Kier molecular flexibility index (Phi) is 7.48. The fraction of sp³-hybridized carbons (Fsp3) is 0.348. The summed E-state index contributed by atoms with van der Waals surface area (Å²) in [5.41, 5.74) is 3.00. The second kappa shape index (κ2) is 10.5. The van der Waals surface area contributed by atoms with E-state index >= 15 is 0 Å². The molecule has 0 fully saturated rings. The molecule has 0 aliphatic heterocycles. The first-order valence-corrected chi connectivity index (χ1v) is 10.3. The van der Waals surface area contributed by atoms with Crippen molar-refractivity contribution in [3.05, 3.63) is 59.5 Å². The molecule has 2 heterocycles. The van der Waals surface area contributed by atoms with E-state index in [1.807, 2.05) is 56.4 Å². The van der Waals surface area contributed by atoms with Crippen molar-refractivity contribution in [2.75, 3.05) is 26.8 Å². The number of nitrogens with one attached hydrogen (secondary N) is 2.